The minimum Gasteiger partial charge on any atom is -0.310 e. The number of hydrogen-bond acceptors (Lipinski definition) is 2. The van der Waals surface area contributed by atoms with Gasteiger partial charge in [0.05, 0.1) is 11.0 Å². The van der Waals surface area contributed by atoms with Crippen molar-refractivity contribution in [1.29, 1.82) is 0 Å². The van der Waals surface area contributed by atoms with Crippen LogP contribution in [0.2, 0.25) is 0 Å². The summed E-state index contributed by atoms with van der Waals surface area (Å²) < 4.78 is 5.01. The first-order chi connectivity index (χ1) is 31.2. The fraction of sp³-hybridized carbons (Fsp3) is 0. The van der Waals surface area contributed by atoms with Gasteiger partial charge >= 0.3 is 0 Å². The van der Waals surface area contributed by atoms with E-state index in [0.29, 0.717) is 0 Å². The van der Waals surface area contributed by atoms with E-state index in [1.165, 1.54) is 96.5 Å². The Balaban J connectivity index is 0.929. The predicted molar refractivity (Wildman–Crippen MR) is 272 cm³/mol. The SMILES string of the molecule is c1cc(-c2ccc(N(c3ccc(-c4cc5ccccc5c5ccccc45)cc3)c3ccc4c(c3)sc3c5ccccc5ccc43)cc2)cc(-n2c3ccccc3c3ccccc32)c1. The molecule has 0 bridgehead atoms. The molecule has 2 nitrogen and oxygen atoms in total. The molecular weight excluding hydrogens is 781 g/mol. The molecule has 13 aromatic rings. The molecular formula is C60H38N2S. The topological polar surface area (TPSA) is 8.17 Å². The van der Waals surface area contributed by atoms with E-state index >= 15 is 0 Å². The maximum atomic E-state index is 2.41. The number of para-hydroxylation sites is 2. The molecule has 0 saturated carbocycles. The molecule has 0 saturated heterocycles. The molecule has 11 aromatic carbocycles. The van der Waals surface area contributed by atoms with Gasteiger partial charge in [0.25, 0.3) is 0 Å². The van der Waals surface area contributed by atoms with Crippen molar-refractivity contribution in [2.24, 2.45) is 0 Å². The summed E-state index contributed by atoms with van der Waals surface area (Å²) in [6.07, 6.45) is 0. The van der Waals surface area contributed by atoms with Gasteiger partial charge in [-0.05, 0) is 121 Å². The first-order valence-electron chi connectivity index (χ1n) is 21.6. The second-order valence-corrected chi connectivity index (χ2v) is 17.5. The first-order valence-corrected chi connectivity index (χ1v) is 22.4. The number of fused-ring (bicyclic) bond motifs is 11. The standard InChI is InChI=1S/C60H38N2S/c1-4-17-49-40(12-1)28-34-55-54-35-33-47(38-59(54)63-60(49)55)61(45-31-26-41(27-32-45)56-37-43-13-2-3-16-48(43)50-18-5-6-19-51(50)56)44-29-24-39(25-30-44)42-14-11-15-46(36-42)62-57-22-9-7-20-52(57)53-21-8-10-23-58(53)62/h1-38H. The molecule has 0 N–H and O–H groups in total. The van der Waals surface area contributed by atoms with E-state index in [1.807, 2.05) is 11.3 Å². The van der Waals surface area contributed by atoms with Gasteiger partial charge in [-0.15, -0.1) is 11.3 Å². The maximum absolute atomic E-state index is 2.41. The van der Waals surface area contributed by atoms with Crippen molar-refractivity contribution in [1.82, 2.24) is 4.57 Å². The van der Waals surface area contributed by atoms with Gasteiger partial charge in [0.2, 0.25) is 0 Å². The van der Waals surface area contributed by atoms with Crippen molar-refractivity contribution in [3.63, 3.8) is 0 Å². The molecule has 13 rings (SSSR count). The van der Waals surface area contributed by atoms with Crippen LogP contribution in [0.5, 0.6) is 0 Å². The molecule has 0 amide bonds. The summed E-state index contributed by atoms with van der Waals surface area (Å²) in [5.41, 5.74) is 11.7. The summed E-state index contributed by atoms with van der Waals surface area (Å²) in [5, 5.41) is 12.8. The van der Waals surface area contributed by atoms with Crippen LogP contribution in [0.1, 0.15) is 0 Å². The molecule has 0 radical (unpaired) electrons. The number of anilines is 3. The van der Waals surface area contributed by atoms with Gasteiger partial charge in [-0.1, -0.05) is 164 Å². The van der Waals surface area contributed by atoms with E-state index in [4.69, 9.17) is 0 Å². The molecule has 63 heavy (non-hydrogen) atoms. The lowest BCUT2D eigenvalue weighted by molar-refractivity contribution is 1.18. The lowest BCUT2D eigenvalue weighted by Gasteiger charge is -2.26. The van der Waals surface area contributed by atoms with Crippen LogP contribution in [-0.4, -0.2) is 4.57 Å². The summed E-state index contributed by atoms with van der Waals surface area (Å²) in [6, 6.07) is 84.7. The summed E-state index contributed by atoms with van der Waals surface area (Å²) in [7, 11) is 0. The van der Waals surface area contributed by atoms with E-state index in [2.05, 4.69) is 240 Å². The third-order valence-electron chi connectivity index (χ3n) is 13.0. The Labute approximate surface area is 368 Å². The lowest BCUT2D eigenvalue weighted by atomic mass is 9.93. The summed E-state index contributed by atoms with van der Waals surface area (Å²) in [5.74, 6) is 0. The van der Waals surface area contributed by atoms with Crippen molar-refractivity contribution >= 4 is 103 Å². The normalized spacial score (nSPS) is 11.8. The smallest absolute Gasteiger partial charge is 0.0541 e. The van der Waals surface area contributed by atoms with E-state index in [0.717, 1.165) is 22.7 Å². The average molecular weight is 819 g/mol. The maximum Gasteiger partial charge on any atom is 0.0541 e. The molecule has 0 unspecified atom stereocenters. The minimum absolute atomic E-state index is 1.10. The number of nitrogens with zero attached hydrogens (tertiary/aromatic N) is 2. The fourth-order valence-electron chi connectivity index (χ4n) is 9.99. The summed E-state index contributed by atoms with van der Waals surface area (Å²) >= 11 is 1.89. The number of hydrogen-bond donors (Lipinski definition) is 0. The molecule has 2 heterocycles. The highest BCUT2D eigenvalue weighted by Gasteiger charge is 2.18. The van der Waals surface area contributed by atoms with Crippen molar-refractivity contribution in [2.75, 3.05) is 4.90 Å². The van der Waals surface area contributed by atoms with E-state index in [-0.39, 0.29) is 0 Å². The highest BCUT2D eigenvalue weighted by molar-refractivity contribution is 7.26. The highest BCUT2D eigenvalue weighted by atomic mass is 32.1. The van der Waals surface area contributed by atoms with Gasteiger partial charge < -0.3 is 9.47 Å². The van der Waals surface area contributed by atoms with Crippen LogP contribution in [0.4, 0.5) is 17.1 Å². The third kappa shape index (κ3) is 5.78. The Kier molecular flexibility index (Phi) is 8.12. The van der Waals surface area contributed by atoms with Crippen LogP contribution in [0.3, 0.4) is 0 Å². The molecule has 3 heteroatoms. The molecule has 0 aliphatic heterocycles. The van der Waals surface area contributed by atoms with Crippen molar-refractivity contribution in [3.8, 4) is 27.9 Å². The molecule has 2 aromatic heterocycles. The van der Waals surface area contributed by atoms with Crippen LogP contribution >= 0.6 is 11.3 Å². The van der Waals surface area contributed by atoms with Gasteiger partial charge in [0.15, 0.2) is 0 Å². The second kappa shape index (κ2) is 14.3. The average Bonchev–Trinajstić information content (AvgIpc) is 3.90. The van der Waals surface area contributed by atoms with Crippen LogP contribution in [0.15, 0.2) is 231 Å². The third-order valence-corrected chi connectivity index (χ3v) is 14.2. The summed E-state index contributed by atoms with van der Waals surface area (Å²) in [4.78, 5) is 2.41. The monoisotopic (exact) mass is 818 g/mol. The number of thiophene rings is 1. The number of rotatable bonds is 6. The van der Waals surface area contributed by atoms with Gasteiger partial charge in [0.1, 0.15) is 0 Å². The zero-order valence-corrected chi connectivity index (χ0v) is 35.1. The van der Waals surface area contributed by atoms with Crippen molar-refractivity contribution < 1.29 is 0 Å². The van der Waals surface area contributed by atoms with Gasteiger partial charge in [0, 0.05) is 53.7 Å². The molecule has 0 spiro atoms. The quantitative estimate of drug-likeness (QED) is 0.152. The Morgan fingerprint density at radius 3 is 1.62 bits per heavy atom. The van der Waals surface area contributed by atoms with Crippen LogP contribution in [0.25, 0.3) is 102 Å². The Bertz CT molecular complexity index is 3860. The number of benzene rings is 11. The largest absolute Gasteiger partial charge is 0.310 e. The van der Waals surface area contributed by atoms with Crippen LogP contribution in [-0.2, 0) is 0 Å². The Morgan fingerprint density at radius 1 is 0.317 bits per heavy atom. The van der Waals surface area contributed by atoms with Crippen LogP contribution in [0, 0.1) is 0 Å². The second-order valence-electron chi connectivity index (χ2n) is 16.5. The highest BCUT2D eigenvalue weighted by Crippen LogP contribution is 2.44. The molecule has 0 aliphatic rings. The molecule has 294 valence electrons. The van der Waals surface area contributed by atoms with E-state index in [1.54, 1.807) is 0 Å². The summed E-state index contributed by atoms with van der Waals surface area (Å²) in [6.45, 7) is 0. The van der Waals surface area contributed by atoms with E-state index in [9.17, 15) is 0 Å². The van der Waals surface area contributed by atoms with Crippen molar-refractivity contribution in [3.05, 3.63) is 231 Å². The molecule has 0 aliphatic carbocycles. The van der Waals surface area contributed by atoms with Gasteiger partial charge in [-0.2, -0.15) is 0 Å². The molecule has 0 atom stereocenters. The fourth-order valence-corrected chi connectivity index (χ4v) is 11.3. The predicted octanol–water partition coefficient (Wildman–Crippen LogP) is 17.4. The number of aromatic nitrogens is 1. The lowest BCUT2D eigenvalue weighted by Crippen LogP contribution is -2.09. The zero-order valence-electron chi connectivity index (χ0n) is 34.2. The van der Waals surface area contributed by atoms with Gasteiger partial charge in [-0.25, -0.2) is 0 Å². The minimum atomic E-state index is 1.10. The molecule has 0 fully saturated rings. The van der Waals surface area contributed by atoms with Crippen molar-refractivity contribution in [2.45, 2.75) is 0 Å². The van der Waals surface area contributed by atoms with E-state index < -0.39 is 0 Å². The zero-order chi connectivity index (χ0) is 41.4. The van der Waals surface area contributed by atoms with Crippen LogP contribution < -0.4 is 4.90 Å². The van der Waals surface area contributed by atoms with Gasteiger partial charge in [-0.3, -0.25) is 0 Å². The Hall–Kier alpha value is -7.98. The first kappa shape index (κ1) is 35.7. The Morgan fingerprint density at radius 2 is 0.889 bits per heavy atom.